The van der Waals surface area contributed by atoms with Crippen molar-refractivity contribution >= 4 is 31.9 Å². The molecule has 0 spiro atoms. The molecule has 134 valence electrons. The van der Waals surface area contributed by atoms with Crippen molar-refractivity contribution in [1.29, 1.82) is 0 Å². The summed E-state index contributed by atoms with van der Waals surface area (Å²) in [6.45, 7) is 5.52. The first-order chi connectivity index (χ1) is 11.4. The van der Waals surface area contributed by atoms with Gasteiger partial charge in [-0.05, 0) is 30.7 Å². The number of hydrogen-bond acceptors (Lipinski definition) is 4. The number of hydrogen-bond donors (Lipinski definition) is 1. The Morgan fingerprint density at radius 2 is 1.83 bits per heavy atom. The first kappa shape index (κ1) is 19.4. The number of carbonyl (C=O) groups is 1. The Balaban J connectivity index is 2.04. The van der Waals surface area contributed by atoms with E-state index in [-0.39, 0.29) is 23.8 Å². The van der Waals surface area contributed by atoms with Crippen LogP contribution in [0.3, 0.4) is 0 Å². The summed E-state index contributed by atoms with van der Waals surface area (Å²) < 4.78 is 27.8. The number of amides is 1. The van der Waals surface area contributed by atoms with Crippen LogP contribution in [-0.4, -0.2) is 62.8 Å². The molecule has 0 atom stereocenters. The van der Waals surface area contributed by atoms with Crippen LogP contribution in [0.2, 0.25) is 0 Å². The minimum atomic E-state index is -3.58. The standard InChI is InChI=1S/C16H24BrN3O3S/c1-2-10-20(11-7-16(21)19-12-8-18-9-13-19)24(22,23)15-5-3-14(17)4-6-15/h3-6,18H,2,7-13H2,1H3. The van der Waals surface area contributed by atoms with Crippen LogP contribution in [0.15, 0.2) is 33.6 Å². The Hall–Kier alpha value is -0.960. The molecule has 1 fully saturated rings. The lowest BCUT2D eigenvalue weighted by molar-refractivity contribution is -0.131. The maximum atomic E-state index is 12.8. The lowest BCUT2D eigenvalue weighted by atomic mass is 10.3. The molecule has 1 N–H and O–H groups in total. The second kappa shape index (κ2) is 8.94. The maximum absolute atomic E-state index is 12.8. The lowest BCUT2D eigenvalue weighted by Gasteiger charge is -2.28. The topological polar surface area (TPSA) is 69.7 Å². The highest BCUT2D eigenvalue weighted by Gasteiger charge is 2.25. The van der Waals surface area contributed by atoms with Gasteiger partial charge in [-0.3, -0.25) is 4.79 Å². The van der Waals surface area contributed by atoms with Crippen molar-refractivity contribution in [2.75, 3.05) is 39.3 Å². The average molecular weight is 418 g/mol. The normalized spacial score (nSPS) is 15.7. The van der Waals surface area contributed by atoms with Gasteiger partial charge in [0.05, 0.1) is 4.90 Å². The van der Waals surface area contributed by atoms with E-state index in [9.17, 15) is 13.2 Å². The van der Waals surface area contributed by atoms with Gasteiger partial charge in [0.25, 0.3) is 0 Å². The summed E-state index contributed by atoms with van der Waals surface area (Å²) >= 11 is 3.31. The van der Waals surface area contributed by atoms with E-state index < -0.39 is 10.0 Å². The predicted molar refractivity (Wildman–Crippen MR) is 97.3 cm³/mol. The zero-order chi connectivity index (χ0) is 17.6. The lowest BCUT2D eigenvalue weighted by Crippen LogP contribution is -2.47. The Labute approximate surface area is 152 Å². The third kappa shape index (κ3) is 5.02. The fourth-order valence-corrected chi connectivity index (χ4v) is 4.45. The fraction of sp³-hybridized carbons (Fsp3) is 0.562. The SMILES string of the molecule is CCCN(CCC(=O)N1CCNCC1)S(=O)(=O)c1ccc(Br)cc1. The molecular weight excluding hydrogens is 394 g/mol. The minimum absolute atomic E-state index is 0.0172. The van der Waals surface area contributed by atoms with E-state index in [0.717, 1.165) is 17.6 Å². The molecule has 24 heavy (non-hydrogen) atoms. The van der Waals surface area contributed by atoms with Gasteiger partial charge in [0.1, 0.15) is 0 Å². The number of nitrogens with zero attached hydrogens (tertiary/aromatic N) is 2. The van der Waals surface area contributed by atoms with Crippen molar-refractivity contribution in [1.82, 2.24) is 14.5 Å². The number of nitrogens with one attached hydrogen (secondary N) is 1. The van der Waals surface area contributed by atoms with Gasteiger partial charge in [0.15, 0.2) is 0 Å². The first-order valence-electron chi connectivity index (χ1n) is 8.19. The Bertz CT molecular complexity index is 643. The number of benzene rings is 1. The van der Waals surface area contributed by atoms with Gasteiger partial charge in [-0.25, -0.2) is 8.42 Å². The van der Waals surface area contributed by atoms with Crippen molar-refractivity contribution in [2.24, 2.45) is 0 Å². The quantitative estimate of drug-likeness (QED) is 0.732. The van der Waals surface area contributed by atoms with Crippen molar-refractivity contribution < 1.29 is 13.2 Å². The molecule has 1 aromatic carbocycles. The average Bonchev–Trinajstić information content (AvgIpc) is 2.59. The third-order valence-electron chi connectivity index (χ3n) is 3.97. The van der Waals surface area contributed by atoms with E-state index >= 15 is 0 Å². The van der Waals surface area contributed by atoms with E-state index in [1.165, 1.54) is 4.31 Å². The first-order valence-corrected chi connectivity index (χ1v) is 10.4. The second-order valence-electron chi connectivity index (χ2n) is 5.74. The molecule has 1 heterocycles. The molecule has 6 nitrogen and oxygen atoms in total. The van der Waals surface area contributed by atoms with E-state index in [0.29, 0.717) is 26.1 Å². The van der Waals surface area contributed by atoms with Crippen LogP contribution in [0.5, 0.6) is 0 Å². The van der Waals surface area contributed by atoms with Crippen LogP contribution in [0.4, 0.5) is 0 Å². The number of piperazine rings is 1. The Morgan fingerprint density at radius 1 is 1.21 bits per heavy atom. The van der Waals surface area contributed by atoms with Gasteiger partial charge >= 0.3 is 0 Å². The van der Waals surface area contributed by atoms with Crippen LogP contribution in [-0.2, 0) is 14.8 Å². The van der Waals surface area contributed by atoms with Gasteiger partial charge in [0, 0.05) is 50.2 Å². The summed E-state index contributed by atoms with van der Waals surface area (Å²) in [6.07, 6.45) is 0.924. The number of rotatable bonds is 7. The molecule has 1 saturated heterocycles. The summed E-state index contributed by atoms with van der Waals surface area (Å²) in [7, 11) is -3.58. The molecule has 0 radical (unpaired) electrons. The molecule has 0 aromatic heterocycles. The van der Waals surface area contributed by atoms with Crippen molar-refractivity contribution in [2.45, 2.75) is 24.7 Å². The summed E-state index contributed by atoms with van der Waals surface area (Å²) in [6, 6.07) is 6.59. The third-order valence-corrected chi connectivity index (χ3v) is 6.41. The Morgan fingerprint density at radius 3 is 2.42 bits per heavy atom. The van der Waals surface area contributed by atoms with Gasteiger partial charge < -0.3 is 10.2 Å². The maximum Gasteiger partial charge on any atom is 0.243 e. The molecule has 2 rings (SSSR count). The molecule has 0 aliphatic carbocycles. The zero-order valence-electron chi connectivity index (χ0n) is 13.9. The highest BCUT2D eigenvalue weighted by Crippen LogP contribution is 2.19. The van der Waals surface area contributed by atoms with Crippen LogP contribution in [0, 0.1) is 0 Å². The van der Waals surface area contributed by atoms with Gasteiger partial charge in [0.2, 0.25) is 15.9 Å². The van der Waals surface area contributed by atoms with Crippen molar-refractivity contribution in [3.05, 3.63) is 28.7 Å². The molecule has 0 bridgehead atoms. The van der Waals surface area contributed by atoms with E-state index in [2.05, 4.69) is 21.2 Å². The van der Waals surface area contributed by atoms with Crippen molar-refractivity contribution in [3.63, 3.8) is 0 Å². The summed E-state index contributed by atoms with van der Waals surface area (Å²) in [5, 5.41) is 3.20. The van der Waals surface area contributed by atoms with Crippen molar-refractivity contribution in [3.8, 4) is 0 Å². The monoisotopic (exact) mass is 417 g/mol. The van der Waals surface area contributed by atoms with Gasteiger partial charge in [-0.1, -0.05) is 22.9 Å². The highest BCUT2D eigenvalue weighted by atomic mass is 79.9. The number of halogens is 1. The molecule has 1 amide bonds. The molecule has 1 aliphatic rings. The van der Waals surface area contributed by atoms with E-state index in [1.807, 2.05) is 6.92 Å². The largest absolute Gasteiger partial charge is 0.340 e. The molecule has 8 heteroatoms. The number of sulfonamides is 1. The highest BCUT2D eigenvalue weighted by molar-refractivity contribution is 9.10. The fourth-order valence-electron chi connectivity index (χ4n) is 2.65. The summed E-state index contributed by atoms with van der Waals surface area (Å²) in [4.78, 5) is 14.3. The number of carbonyl (C=O) groups excluding carboxylic acids is 1. The molecule has 0 saturated carbocycles. The predicted octanol–water partition coefficient (Wildman–Crippen LogP) is 1.67. The van der Waals surface area contributed by atoms with Crippen LogP contribution >= 0.6 is 15.9 Å². The zero-order valence-corrected chi connectivity index (χ0v) is 16.3. The molecule has 1 aliphatic heterocycles. The van der Waals surface area contributed by atoms with Crippen LogP contribution < -0.4 is 5.32 Å². The van der Waals surface area contributed by atoms with E-state index in [4.69, 9.17) is 0 Å². The van der Waals surface area contributed by atoms with Crippen LogP contribution in [0.25, 0.3) is 0 Å². The van der Waals surface area contributed by atoms with Gasteiger partial charge in [-0.15, -0.1) is 0 Å². The van der Waals surface area contributed by atoms with Crippen LogP contribution in [0.1, 0.15) is 19.8 Å². The smallest absolute Gasteiger partial charge is 0.243 e. The Kier molecular flexibility index (Phi) is 7.21. The second-order valence-corrected chi connectivity index (χ2v) is 8.59. The molecular formula is C16H24BrN3O3S. The minimum Gasteiger partial charge on any atom is -0.340 e. The summed E-state index contributed by atoms with van der Waals surface area (Å²) in [5.74, 6) is 0.0172. The van der Waals surface area contributed by atoms with E-state index in [1.54, 1.807) is 29.2 Å². The van der Waals surface area contributed by atoms with Gasteiger partial charge in [-0.2, -0.15) is 4.31 Å². The molecule has 1 aromatic rings. The summed E-state index contributed by atoms with van der Waals surface area (Å²) in [5.41, 5.74) is 0. The molecule has 0 unspecified atom stereocenters.